The summed E-state index contributed by atoms with van der Waals surface area (Å²) in [4.78, 5) is 0. The van der Waals surface area contributed by atoms with Crippen LogP contribution in [0, 0.1) is 5.92 Å². The van der Waals surface area contributed by atoms with E-state index in [0.29, 0.717) is 5.88 Å². The standard InChI is InChI=1S/C17H23BrClNO/c1-12-2-5-17(11-19,6-3-12)20-10-14-9-15(18)8-13-4-7-21-16(13)14/h8-9,12,20H,2-7,10-11H2,1H3. The van der Waals surface area contributed by atoms with Crippen molar-refractivity contribution >= 4 is 27.5 Å². The van der Waals surface area contributed by atoms with Gasteiger partial charge in [0.05, 0.1) is 6.61 Å². The Balaban J connectivity index is 1.72. The molecule has 116 valence electrons. The molecule has 1 saturated carbocycles. The smallest absolute Gasteiger partial charge is 0.127 e. The topological polar surface area (TPSA) is 21.3 Å². The van der Waals surface area contributed by atoms with Crippen molar-refractivity contribution in [3.05, 3.63) is 27.7 Å². The average molecular weight is 373 g/mol. The molecule has 1 aliphatic heterocycles. The molecular formula is C17H23BrClNO. The second kappa shape index (κ2) is 6.47. The van der Waals surface area contributed by atoms with Crippen LogP contribution in [0.15, 0.2) is 16.6 Å². The van der Waals surface area contributed by atoms with Crippen molar-refractivity contribution in [2.24, 2.45) is 5.92 Å². The highest BCUT2D eigenvalue weighted by Gasteiger charge is 2.33. The monoisotopic (exact) mass is 371 g/mol. The Morgan fingerprint density at radius 2 is 2.14 bits per heavy atom. The highest BCUT2D eigenvalue weighted by atomic mass is 79.9. The summed E-state index contributed by atoms with van der Waals surface area (Å²) in [5.74, 6) is 2.61. The molecule has 1 fully saturated rings. The zero-order valence-electron chi connectivity index (χ0n) is 12.6. The van der Waals surface area contributed by atoms with E-state index in [1.807, 2.05) is 0 Å². The summed E-state index contributed by atoms with van der Waals surface area (Å²) in [5, 5.41) is 3.75. The molecule has 3 rings (SSSR count). The van der Waals surface area contributed by atoms with E-state index in [1.165, 1.54) is 36.8 Å². The molecule has 1 aromatic carbocycles. The summed E-state index contributed by atoms with van der Waals surface area (Å²) in [5.41, 5.74) is 2.67. The van der Waals surface area contributed by atoms with Gasteiger partial charge in [-0.1, -0.05) is 22.9 Å². The number of nitrogens with one attached hydrogen (secondary N) is 1. The Labute approximate surface area is 140 Å². The summed E-state index contributed by atoms with van der Waals surface area (Å²) in [6.45, 7) is 3.98. The Hall–Kier alpha value is -0.250. The van der Waals surface area contributed by atoms with Crippen molar-refractivity contribution in [1.82, 2.24) is 5.32 Å². The summed E-state index contributed by atoms with van der Waals surface area (Å²) < 4.78 is 6.95. The van der Waals surface area contributed by atoms with Crippen molar-refractivity contribution in [3.8, 4) is 5.75 Å². The van der Waals surface area contributed by atoms with Gasteiger partial charge in [0, 0.05) is 34.4 Å². The van der Waals surface area contributed by atoms with Gasteiger partial charge in [-0.3, -0.25) is 0 Å². The van der Waals surface area contributed by atoms with Crippen LogP contribution >= 0.6 is 27.5 Å². The molecule has 4 heteroatoms. The molecule has 2 aliphatic rings. The van der Waals surface area contributed by atoms with Gasteiger partial charge in [0.1, 0.15) is 5.75 Å². The Kier molecular flexibility index (Phi) is 4.82. The number of halogens is 2. The van der Waals surface area contributed by atoms with E-state index in [0.717, 1.165) is 35.7 Å². The Morgan fingerprint density at radius 1 is 1.38 bits per heavy atom. The molecule has 0 radical (unpaired) electrons. The predicted molar refractivity (Wildman–Crippen MR) is 91.3 cm³/mol. The minimum atomic E-state index is 0.0991. The lowest BCUT2D eigenvalue weighted by atomic mass is 9.78. The maximum Gasteiger partial charge on any atom is 0.127 e. The second-order valence-electron chi connectivity index (χ2n) is 6.60. The third-order valence-corrected chi connectivity index (χ3v) is 5.94. The predicted octanol–water partition coefficient (Wildman–Crippen LogP) is 4.66. The largest absolute Gasteiger partial charge is 0.493 e. The molecule has 21 heavy (non-hydrogen) atoms. The first kappa shape index (κ1) is 15.6. The van der Waals surface area contributed by atoms with Crippen molar-refractivity contribution in [2.45, 2.75) is 51.1 Å². The summed E-state index contributed by atoms with van der Waals surface area (Å²) in [6, 6.07) is 4.34. The van der Waals surface area contributed by atoms with Crippen molar-refractivity contribution in [3.63, 3.8) is 0 Å². The number of benzene rings is 1. The maximum atomic E-state index is 6.30. The Morgan fingerprint density at radius 3 is 2.86 bits per heavy atom. The van der Waals surface area contributed by atoms with E-state index < -0.39 is 0 Å². The number of ether oxygens (including phenoxy) is 1. The van der Waals surface area contributed by atoms with Crippen LogP contribution in [-0.2, 0) is 13.0 Å². The van der Waals surface area contributed by atoms with Gasteiger partial charge in [-0.25, -0.2) is 0 Å². The van der Waals surface area contributed by atoms with E-state index in [2.05, 4.69) is 40.3 Å². The first-order valence-electron chi connectivity index (χ1n) is 7.87. The summed E-state index contributed by atoms with van der Waals surface area (Å²) in [7, 11) is 0. The molecule has 2 nitrogen and oxygen atoms in total. The molecule has 0 bridgehead atoms. The first-order chi connectivity index (χ1) is 10.1. The van der Waals surface area contributed by atoms with Gasteiger partial charge in [-0.15, -0.1) is 11.6 Å². The van der Waals surface area contributed by atoms with Crippen LogP contribution in [0.25, 0.3) is 0 Å². The maximum absolute atomic E-state index is 6.30. The molecule has 0 unspecified atom stereocenters. The van der Waals surface area contributed by atoms with Crippen LogP contribution in [-0.4, -0.2) is 18.0 Å². The molecule has 1 aliphatic carbocycles. The van der Waals surface area contributed by atoms with Crippen LogP contribution in [0.5, 0.6) is 5.75 Å². The number of hydrogen-bond donors (Lipinski definition) is 1. The molecule has 0 atom stereocenters. The van der Waals surface area contributed by atoms with Gasteiger partial charge < -0.3 is 10.1 Å². The zero-order valence-corrected chi connectivity index (χ0v) is 14.9. The number of fused-ring (bicyclic) bond motifs is 1. The van der Waals surface area contributed by atoms with Gasteiger partial charge in [0.15, 0.2) is 0 Å². The average Bonchev–Trinajstić information content (AvgIpc) is 2.95. The van der Waals surface area contributed by atoms with Gasteiger partial charge >= 0.3 is 0 Å². The van der Waals surface area contributed by atoms with Crippen LogP contribution in [0.1, 0.15) is 43.7 Å². The normalized spacial score (nSPS) is 28.2. The van der Waals surface area contributed by atoms with Crippen LogP contribution in [0.2, 0.25) is 0 Å². The quantitative estimate of drug-likeness (QED) is 0.776. The minimum absolute atomic E-state index is 0.0991. The lowest BCUT2D eigenvalue weighted by molar-refractivity contribution is 0.215. The summed E-state index contributed by atoms with van der Waals surface area (Å²) in [6.07, 6.45) is 5.91. The fourth-order valence-corrected chi connectivity index (χ4v) is 4.35. The van der Waals surface area contributed by atoms with Gasteiger partial charge in [0.2, 0.25) is 0 Å². The minimum Gasteiger partial charge on any atom is -0.493 e. The van der Waals surface area contributed by atoms with Crippen LogP contribution < -0.4 is 10.1 Å². The number of alkyl halides is 1. The fourth-order valence-electron chi connectivity index (χ4n) is 3.43. The lowest BCUT2D eigenvalue weighted by Gasteiger charge is -2.39. The molecule has 0 amide bonds. The second-order valence-corrected chi connectivity index (χ2v) is 7.78. The third-order valence-electron chi connectivity index (χ3n) is 4.97. The highest BCUT2D eigenvalue weighted by molar-refractivity contribution is 9.10. The molecule has 1 heterocycles. The summed E-state index contributed by atoms with van der Waals surface area (Å²) >= 11 is 9.91. The molecular weight excluding hydrogens is 350 g/mol. The highest BCUT2D eigenvalue weighted by Crippen LogP contribution is 2.36. The van der Waals surface area contributed by atoms with E-state index >= 15 is 0 Å². The van der Waals surface area contributed by atoms with Crippen molar-refractivity contribution < 1.29 is 4.74 Å². The first-order valence-corrected chi connectivity index (χ1v) is 9.20. The van der Waals surface area contributed by atoms with Gasteiger partial charge in [-0.2, -0.15) is 0 Å². The van der Waals surface area contributed by atoms with Crippen molar-refractivity contribution in [2.75, 3.05) is 12.5 Å². The van der Waals surface area contributed by atoms with E-state index in [4.69, 9.17) is 16.3 Å². The zero-order chi connectivity index (χ0) is 14.9. The van der Waals surface area contributed by atoms with Gasteiger partial charge in [-0.05, 0) is 49.3 Å². The van der Waals surface area contributed by atoms with E-state index in [9.17, 15) is 0 Å². The molecule has 1 N–H and O–H groups in total. The molecule has 0 spiro atoms. The van der Waals surface area contributed by atoms with Gasteiger partial charge in [0.25, 0.3) is 0 Å². The molecule has 0 saturated heterocycles. The fraction of sp³-hybridized carbons (Fsp3) is 0.647. The molecule has 1 aromatic rings. The third kappa shape index (κ3) is 3.40. The van der Waals surface area contributed by atoms with Crippen molar-refractivity contribution in [1.29, 1.82) is 0 Å². The van der Waals surface area contributed by atoms with Crippen LogP contribution in [0.4, 0.5) is 0 Å². The number of hydrogen-bond acceptors (Lipinski definition) is 2. The van der Waals surface area contributed by atoms with Crippen LogP contribution in [0.3, 0.4) is 0 Å². The SMILES string of the molecule is CC1CCC(CCl)(NCc2cc(Br)cc3c2OCC3)CC1. The number of rotatable bonds is 4. The van der Waals surface area contributed by atoms with E-state index in [1.54, 1.807) is 0 Å². The lowest BCUT2D eigenvalue weighted by Crippen LogP contribution is -2.49. The van der Waals surface area contributed by atoms with E-state index in [-0.39, 0.29) is 5.54 Å². The Bertz CT molecular complexity index is 512. The molecule has 0 aromatic heterocycles.